The van der Waals surface area contributed by atoms with Crippen LogP contribution in [0.4, 0.5) is 0 Å². The van der Waals surface area contributed by atoms with Gasteiger partial charge in [0.25, 0.3) is 0 Å². The average molecular weight is 597 g/mol. The van der Waals surface area contributed by atoms with E-state index in [1.165, 1.54) is 83.5 Å². The molecule has 1 unspecified atom stereocenters. The van der Waals surface area contributed by atoms with Gasteiger partial charge in [0.15, 0.2) is 12.6 Å². The molecular formula is C37H56O6. The predicted octanol–water partition coefficient (Wildman–Crippen LogP) is 8.92. The Bertz CT molecular complexity index is 956. The second-order valence-electron chi connectivity index (χ2n) is 12.1. The van der Waals surface area contributed by atoms with Gasteiger partial charge in [0.2, 0.25) is 0 Å². The van der Waals surface area contributed by atoms with Crippen LogP contribution in [-0.4, -0.2) is 51.0 Å². The Kier molecular flexibility index (Phi) is 16.1. The predicted molar refractivity (Wildman–Crippen MR) is 171 cm³/mol. The number of hydrogen-bond donors (Lipinski definition) is 0. The fraction of sp³-hybridized carbons (Fsp3) is 0.676. The maximum absolute atomic E-state index is 6.58. The lowest BCUT2D eigenvalue weighted by molar-refractivity contribution is -0.368. The second-order valence-corrected chi connectivity index (χ2v) is 12.1. The van der Waals surface area contributed by atoms with E-state index in [1.54, 1.807) is 7.11 Å². The van der Waals surface area contributed by atoms with Gasteiger partial charge in [0, 0.05) is 19.3 Å². The molecule has 0 bridgehead atoms. The Morgan fingerprint density at radius 1 is 0.651 bits per heavy atom. The van der Waals surface area contributed by atoms with Crippen molar-refractivity contribution in [2.24, 2.45) is 0 Å². The van der Waals surface area contributed by atoms with Crippen molar-refractivity contribution >= 4 is 0 Å². The third-order valence-corrected chi connectivity index (χ3v) is 8.68. The highest BCUT2D eigenvalue weighted by Crippen LogP contribution is 2.37. The van der Waals surface area contributed by atoms with Crippen molar-refractivity contribution in [1.82, 2.24) is 0 Å². The van der Waals surface area contributed by atoms with E-state index in [0.29, 0.717) is 19.8 Å². The summed E-state index contributed by atoms with van der Waals surface area (Å²) in [6.45, 7) is 3.80. The van der Waals surface area contributed by atoms with Gasteiger partial charge in [0.1, 0.15) is 24.4 Å². The molecule has 0 N–H and O–H groups in total. The highest BCUT2D eigenvalue weighted by Gasteiger charge is 2.51. The minimum Gasteiger partial charge on any atom is -0.370 e. The molecule has 2 aliphatic rings. The van der Waals surface area contributed by atoms with Gasteiger partial charge >= 0.3 is 0 Å². The standard InChI is InChI=1S/C37H56O6/c1-3-4-5-6-7-8-9-10-11-12-13-14-15-22-27-39-35-34(40-28-30-23-18-16-19-24-30)33-32(42-37(35)38-2)29-41-36(43-33)31-25-20-17-21-26-31/h16-21,23-26,32-37H,3-15,22,27-29H2,1-2H3/t32-,33-,34+,35-,36?,37+/m1/s1. The summed E-state index contributed by atoms with van der Waals surface area (Å²) in [4.78, 5) is 0. The number of fused-ring (bicyclic) bond motifs is 1. The average Bonchev–Trinajstić information content (AvgIpc) is 3.06. The van der Waals surface area contributed by atoms with E-state index in [2.05, 4.69) is 19.1 Å². The van der Waals surface area contributed by atoms with Crippen molar-refractivity contribution in [3.05, 3.63) is 71.8 Å². The Labute approximate surface area is 260 Å². The molecule has 0 aromatic heterocycles. The molecule has 0 aliphatic carbocycles. The molecule has 0 saturated carbocycles. The monoisotopic (exact) mass is 596 g/mol. The summed E-state index contributed by atoms with van der Waals surface area (Å²) < 4.78 is 37.7. The highest BCUT2D eigenvalue weighted by molar-refractivity contribution is 5.17. The minimum absolute atomic E-state index is 0.299. The zero-order valence-corrected chi connectivity index (χ0v) is 26.7. The fourth-order valence-electron chi connectivity index (χ4n) is 6.16. The molecule has 2 aromatic rings. The quantitative estimate of drug-likeness (QED) is 0.134. The summed E-state index contributed by atoms with van der Waals surface area (Å²) in [6, 6.07) is 20.3. The van der Waals surface area contributed by atoms with Gasteiger partial charge in [-0.1, -0.05) is 151 Å². The van der Waals surface area contributed by atoms with E-state index in [4.69, 9.17) is 28.4 Å². The van der Waals surface area contributed by atoms with Gasteiger partial charge in [-0.15, -0.1) is 0 Å². The van der Waals surface area contributed by atoms with Crippen molar-refractivity contribution < 1.29 is 28.4 Å². The molecule has 4 rings (SSSR count). The van der Waals surface area contributed by atoms with Crippen molar-refractivity contribution in [3.63, 3.8) is 0 Å². The Hall–Kier alpha value is -1.80. The highest BCUT2D eigenvalue weighted by atomic mass is 16.8. The SMILES string of the molecule is CCCCCCCCCCCCCCCCO[C@H]1[C@@H](OC)O[C@@H]2COC(c3ccccc3)O[C@H]2[C@@H]1OCc1ccccc1. The van der Waals surface area contributed by atoms with Gasteiger partial charge in [0.05, 0.1) is 13.2 Å². The van der Waals surface area contributed by atoms with Crippen LogP contribution in [-0.2, 0) is 35.0 Å². The van der Waals surface area contributed by atoms with E-state index in [0.717, 1.165) is 17.5 Å². The summed E-state index contributed by atoms with van der Waals surface area (Å²) in [5, 5.41) is 0. The van der Waals surface area contributed by atoms with Crippen molar-refractivity contribution in [3.8, 4) is 0 Å². The lowest BCUT2D eigenvalue weighted by Gasteiger charge is -2.48. The van der Waals surface area contributed by atoms with Crippen LogP contribution in [0.25, 0.3) is 0 Å². The van der Waals surface area contributed by atoms with Crippen LogP contribution < -0.4 is 0 Å². The van der Waals surface area contributed by atoms with E-state index in [9.17, 15) is 0 Å². The first-order chi connectivity index (χ1) is 21.3. The Balaban J connectivity index is 1.22. The summed E-state index contributed by atoms with van der Waals surface area (Å²) in [6.07, 6.45) is 16.3. The van der Waals surface area contributed by atoms with Crippen LogP contribution in [0.3, 0.4) is 0 Å². The smallest absolute Gasteiger partial charge is 0.186 e. The lowest BCUT2D eigenvalue weighted by atomic mass is 9.97. The van der Waals surface area contributed by atoms with Crippen LogP contribution in [0, 0.1) is 0 Å². The maximum Gasteiger partial charge on any atom is 0.186 e. The molecule has 0 amide bonds. The van der Waals surface area contributed by atoms with Gasteiger partial charge in [-0.25, -0.2) is 0 Å². The molecular weight excluding hydrogens is 540 g/mol. The van der Waals surface area contributed by atoms with Crippen LogP contribution in [0.2, 0.25) is 0 Å². The van der Waals surface area contributed by atoms with Crippen LogP contribution in [0.5, 0.6) is 0 Å². The number of methoxy groups -OCH3 is 1. The van der Waals surface area contributed by atoms with Crippen LogP contribution in [0.15, 0.2) is 60.7 Å². The van der Waals surface area contributed by atoms with E-state index in [-0.39, 0.29) is 18.3 Å². The zero-order valence-electron chi connectivity index (χ0n) is 26.7. The Morgan fingerprint density at radius 3 is 1.84 bits per heavy atom. The summed E-state index contributed by atoms with van der Waals surface area (Å²) in [5.41, 5.74) is 2.09. The van der Waals surface area contributed by atoms with Crippen molar-refractivity contribution in [2.45, 2.75) is 140 Å². The number of unbranched alkanes of at least 4 members (excludes halogenated alkanes) is 13. The largest absolute Gasteiger partial charge is 0.370 e. The third-order valence-electron chi connectivity index (χ3n) is 8.68. The molecule has 240 valence electrons. The van der Waals surface area contributed by atoms with E-state index >= 15 is 0 Å². The molecule has 0 spiro atoms. The Morgan fingerprint density at radius 2 is 1.23 bits per heavy atom. The van der Waals surface area contributed by atoms with Crippen LogP contribution >= 0.6 is 0 Å². The number of ether oxygens (including phenoxy) is 6. The molecule has 43 heavy (non-hydrogen) atoms. The van der Waals surface area contributed by atoms with Gasteiger partial charge < -0.3 is 28.4 Å². The first-order valence-corrected chi connectivity index (χ1v) is 17.1. The number of benzene rings is 2. The number of rotatable bonds is 21. The topological polar surface area (TPSA) is 55.4 Å². The second kappa shape index (κ2) is 20.3. The van der Waals surface area contributed by atoms with Crippen LogP contribution in [0.1, 0.15) is 114 Å². The van der Waals surface area contributed by atoms with Crippen molar-refractivity contribution in [1.29, 1.82) is 0 Å². The zero-order chi connectivity index (χ0) is 30.0. The van der Waals surface area contributed by atoms with Gasteiger partial charge in [-0.2, -0.15) is 0 Å². The molecule has 2 aromatic carbocycles. The third kappa shape index (κ3) is 11.6. The number of hydrogen-bond acceptors (Lipinski definition) is 6. The summed E-state index contributed by atoms with van der Waals surface area (Å²) in [7, 11) is 1.67. The maximum atomic E-state index is 6.58. The molecule has 0 radical (unpaired) electrons. The normalized spacial score (nSPS) is 25.4. The molecule has 2 saturated heterocycles. The first kappa shape index (κ1) is 34.1. The summed E-state index contributed by atoms with van der Waals surface area (Å²) >= 11 is 0. The molecule has 2 heterocycles. The van der Waals surface area contributed by atoms with Crippen molar-refractivity contribution in [2.75, 3.05) is 20.3 Å². The van der Waals surface area contributed by atoms with Gasteiger partial charge in [-0.05, 0) is 12.0 Å². The van der Waals surface area contributed by atoms with Gasteiger partial charge in [-0.3, -0.25) is 0 Å². The molecule has 6 atom stereocenters. The fourth-order valence-corrected chi connectivity index (χ4v) is 6.16. The van der Waals surface area contributed by atoms with E-state index in [1.807, 2.05) is 48.5 Å². The van der Waals surface area contributed by atoms with E-state index < -0.39 is 18.7 Å². The lowest BCUT2D eigenvalue weighted by Crippen LogP contribution is -2.63. The molecule has 6 heteroatoms. The molecule has 2 aliphatic heterocycles. The summed E-state index contributed by atoms with van der Waals surface area (Å²) in [5.74, 6) is 0. The molecule has 6 nitrogen and oxygen atoms in total. The molecule has 2 fully saturated rings. The minimum atomic E-state index is -0.547. The first-order valence-electron chi connectivity index (χ1n) is 17.1.